The molecule has 0 aliphatic carbocycles. The SMILES string of the molecule is C=CC[C@H](OCc1ccccc1)C(C)C. The zero-order valence-corrected chi connectivity index (χ0v) is 9.65. The van der Waals surface area contributed by atoms with Gasteiger partial charge in [0.15, 0.2) is 0 Å². The predicted molar refractivity (Wildman–Crippen MR) is 64.7 cm³/mol. The van der Waals surface area contributed by atoms with Gasteiger partial charge in [-0.15, -0.1) is 6.58 Å². The van der Waals surface area contributed by atoms with Crippen molar-refractivity contribution in [2.24, 2.45) is 5.92 Å². The van der Waals surface area contributed by atoms with Crippen LogP contribution in [0, 0.1) is 5.92 Å². The molecule has 1 aromatic rings. The molecule has 15 heavy (non-hydrogen) atoms. The lowest BCUT2D eigenvalue weighted by Gasteiger charge is -2.20. The molecule has 1 nitrogen and oxygen atoms in total. The molecule has 82 valence electrons. The van der Waals surface area contributed by atoms with Gasteiger partial charge in [0.2, 0.25) is 0 Å². The first kappa shape index (κ1) is 12.0. The van der Waals surface area contributed by atoms with E-state index in [9.17, 15) is 0 Å². The van der Waals surface area contributed by atoms with Gasteiger partial charge in [0.25, 0.3) is 0 Å². The second-order valence-electron chi connectivity index (χ2n) is 4.10. The zero-order chi connectivity index (χ0) is 11.1. The van der Waals surface area contributed by atoms with Gasteiger partial charge in [0, 0.05) is 0 Å². The predicted octanol–water partition coefficient (Wildman–Crippen LogP) is 3.80. The van der Waals surface area contributed by atoms with Crippen molar-refractivity contribution in [1.29, 1.82) is 0 Å². The topological polar surface area (TPSA) is 9.23 Å². The van der Waals surface area contributed by atoms with E-state index in [1.165, 1.54) is 5.56 Å². The molecule has 0 fully saturated rings. The summed E-state index contributed by atoms with van der Waals surface area (Å²) in [5, 5.41) is 0. The van der Waals surface area contributed by atoms with Crippen molar-refractivity contribution in [2.45, 2.75) is 33.0 Å². The standard InChI is InChI=1S/C14H20O/c1-4-8-14(12(2)3)15-11-13-9-6-5-7-10-13/h4-7,9-10,12,14H,1,8,11H2,2-3H3/t14-/m0/s1. The first-order valence-corrected chi connectivity index (χ1v) is 5.50. The van der Waals surface area contributed by atoms with Gasteiger partial charge >= 0.3 is 0 Å². The van der Waals surface area contributed by atoms with Gasteiger partial charge in [-0.2, -0.15) is 0 Å². The van der Waals surface area contributed by atoms with E-state index in [-0.39, 0.29) is 6.10 Å². The van der Waals surface area contributed by atoms with Crippen molar-refractivity contribution in [3.63, 3.8) is 0 Å². The molecule has 0 radical (unpaired) electrons. The summed E-state index contributed by atoms with van der Waals surface area (Å²) in [6.45, 7) is 8.81. The summed E-state index contributed by atoms with van der Waals surface area (Å²) in [5.74, 6) is 0.534. The molecule has 0 spiro atoms. The van der Waals surface area contributed by atoms with Crippen LogP contribution in [0.25, 0.3) is 0 Å². The van der Waals surface area contributed by atoms with E-state index in [0.717, 1.165) is 6.42 Å². The van der Waals surface area contributed by atoms with Crippen molar-refractivity contribution in [1.82, 2.24) is 0 Å². The molecule has 1 aromatic carbocycles. The fourth-order valence-electron chi connectivity index (χ4n) is 1.47. The molecular weight excluding hydrogens is 184 g/mol. The van der Waals surface area contributed by atoms with Crippen molar-refractivity contribution < 1.29 is 4.74 Å². The summed E-state index contributed by atoms with van der Waals surface area (Å²) in [5.41, 5.74) is 1.23. The summed E-state index contributed by atoms with van der Waals surface area (Å²) >= 11 is 0. The first-order chi connectivity index (χ1) is 7.24. The molecule has 1 atom stereocenters. The van der Waals surface area contributed by atoms with E-state index >= 15 is 0 Å². The van der Waals surface area contributed by atoms with E-state index in [1.54, 1.807) is 0 Å². The highest BCUT2D eigenvalue weighted by Gasteiger charge is 2.11. The third kappa shape index (κ3) is 4.30. The highest BCUT2D eigenvalue weighted by atomic mass is 16.5. The maximum absolute atomic E-state index is 5.86. The Kier molecular flexibility index (Phi) is 5.13. The van der Waals surface area contributed by atoms with E-state index in [4.69, 9.17) is 4.74 Å². The Morgan fingerprint density at radius 3 is 2.47 bits per heavy atom. The van der Waals surface area contributed by atoms with Gasteiger partial charge in [-0.25, -0.2) is 0 Å². The minimum Gasteiger partial charge on any atom is -0.373 e. The average molecular weight is 204 g/mol. The van der Waals surface area contributed by atoms with Crippen LogP contribution < -0.4 is 0 Å². The summed E-state index contributed by atoms with van der Waals surface area (Å²) < 4.78 is 5.86. The first-order valence-electron chi connectivity index (χ1n) is 5.50. The van der Waals surface area contributed by atoms with Gasteiger partial charge in [-0.1, -0.05) is 50.3 Å². The molecule has 0 amide bonds. The smallest absolute Gasteiger partial charge is 0.0720 e. The van der Waals surface area contributed by atoms with Crippen LogP contribution in [-0.2, 0) is 11.3 Å². The fraction of sp³-hybridized carbons (Fsp3) is 0.429. The van der Waals surface area contributed by atoms with Crippen LogP contribution >= 0.6 is 0 Å². The summed E-state index contributed by atoms with van der Waals surface area (Å²) in [6, 6.07) is 10.3. The zero-order valence-electron chi connectivity index (χ0n) is 9.65. The van der Waals surface area contributed by atoms with E-state index in [2.05, 4.69) is 32.6 Å². The van der Waals surface area contributed by atoms with Crippen molar-refractivity contribution in [3.8, 4) is 0 Å². The molecule has 0 unspecified atom stereocenters. The number of hydrogen-bond donors (Lipinski definition) is 0. The third-order valence-electron chi connectivity index (χ3n) is 2.45. The molecule has 0 bridgehead atoms. The van der Waals surface area contributed by atoms with Gasteiger partial charge in [-0.05, 0) is 17.9 Å². The van der Waals surface area contributed by atoms with Crippen LogP contribution in [0.15, 0.2) is 43.0 Å². The monoisotopic (exact) mass is 204 g/mol. The van der Waals surface area contributed by atoms with Crippen LogP contribution in [0.1, 0.15) is 25.8 Å². The van der Waals surface area contributed by atoms with Crippen molar-refractivity contribution in [2.75, 3.05) is 0 Å². The molecule has 0 aliphatic rings. The molecule has 0 heterocycles. The Bertz CT molecular complexity index is 277. The Balaban J connectivity index is 2.43. The highest BCUT2D eigenvalue weighted by molar-refractivity contribution is 5.13. The maximum atomic E-state index is 5.86. The minimum atomic E-state index is 0.280. The Morgan fingerprint density at radius 2 is 1.93 bits per heavy atom. The van der Waals surface area contributed by atoms with Gasteiger partial charge in [0.05, 0.1) is 12.7 Å². The molecule has 0 aromatic heterocycles. The molecule has 0 N–H and O–H groups in total. The van der Waals surface area contributed by atoms with E-state index < -0.39 is 0 Å². The number of ether oxygens (including phenoxy) is 1. The van der Waals surface area contributed by atoms with Crippen LogP contribution in [-0.4, -0.2) is 6.10 Å². The van der Waals surface area contributed by atoms with Gasteiger partial charge < -0.3 is 4.74 Å². The molecular formula is C14H20O. The second-order valence-corrected chi connectivity index (χ2v) is 4.10. The third-order valence-corrected chi connectivity index (χ3v) is 2.45. The fourth-order valence-corrected chi connectivity index (χ4v) is 1.47. The molecule has 1 rings (SSSR count). The maximum Gasteiger partial charge on any atom is 0.0720 e. The van der Waals surface area contributed by atoms with Crippen LogP contribution in [0.5, 0.6) is 0 Å². The van der Waals surface area contributed by atoms with E-state index in [1.807, 2.05) is 24.3 Å². The summed E-state index contributed by atoms with van der Waals surface area (Å²) in [7, 11) is 0. The Morgan fingerprint density at radius 1 is 1.27 bits per heavy atom. The van der Waals surface area contributed by atoms with Crippen LogP contribution in [0.4, 0.5) is 0 Å². The normalized spacial score (nSPS) is 12.7. The van der Waals surface area contributed by atoms with Crippen molar-refractivity contribution in [3.05, 3.63) is 48.6 Å². The molecule has 0 saturated heterocycles. The lowest BCUT2D eigenvalue weighted by atomic mass is 10.0. The van der Waals surface area contributed by atoms with Crippen molar-refractivity contribution >= 4 is 0 Å². The quantitative estimate of drug-likeness (QED) is 0.640. The number of benzene rings is 1. The molecule has 1 heteroatoms. The van der Waals surface area contributed by atoms with Gasteiger partial charge in [0.1, 0.15) is 0 Å². The lowest BCUT2D eigenvalue weighted by Crippen LogP contribution is -2.18. The largest absolute Gasteiger partial charge is 0.373 e. The number of rotatable bonds is 6. The summed E-state index contributed by atoms with van der Waals surface area (Å²) in [4.78, 5) is 0. The minimum absolute atomic E-state index is 0.280. The van der Waals surface area contributed by atoms with Gasteiger partial charge in [-0.3, -0.25) is 0 Å². The molecule has 0 aliphatic heterocycles. The number of hydrogen-bond acceptors (Lipinski definition) is 1. The lowest BCUT2D eigenvalue weighted by molar-refractivity contribution is 0.0129. The Hall–Kier alpha value is -1.08. The van der Waals surface area contributed by atoms with E-state index in [0.29, 0.717) is 12.5 Å². The average Bonchev–Trinajstić information content (AvgIpc) is 2.25. The molecule has 0 saturated carbocycles. The van der Waals surface area contributed by atoms with Crippen LogP contribution in [0.3, 0.4) is 0 Å². The second kappa shape index (κ2) is 6.41. The summed E-state index contributed by atoms with van der Waals surface area (Å²) in [6.07, 6.45) is 3.13. The Labute approximate surface area is 92.8 Å². The van der Waals surface area contributed by atoms with Crippen LogP contribution in [0.2, 0.25) is 0 Å². The highest BCUT2D eigenvalue weighted by Crippen LogP contribution is 2.13.